The van der Waals surface area contributed by atoms with E-state index in [1.165, 1.54) is 51.5 Å². The molecule has 0 spiro atoms. The summed E-state index contributed by atoms with van der Waals surface area (Å²) < 4.78 is 0. The molecule has 0 saturated heterocycles. The van der Waals surface area contributed by atoms with E-state index in [-0.39, 0.29) is 1.43 Å². The molecule has 0 saturated carbocycles. The van der Waals surface area contributed by atoms with Crippen LogP contribution in [0, 0.1) is 5.92 Å². The van der Waals surface area contributed by atoms with Gasteiger partial charge in [-0.15, -0.1) is 0 Å². The van der Waals surface area contributed by atoms with Crippen LogP contribution < -0.4 is 5.32 Å². The maximum absolute atomic E-state index is 3.18. The standard InChI is InChI=1S/C12H27N.H2/c1-12(2)10-8-6-4-5-7-9-11-13-3;/h12-13H,4-11H2,1-3H3;1H. The SMILES string of the molecule is CNCCCCCCCCC(C)C.[HH]. The van der Waals surface area contributed by atoms with Crippen LogP contribution in [-0.4, -0.2) is 13.6 Å². The molecule has 0 aliphatic heterocycles. The summed E-state index contributed by atoms with van der Waals surface area (Å²) in [6.07, 6.45) is 9.91. The third-order valence-electron chi connectivity index (χ3n) is 2.46. The molecule has 0 aliphatic rings. The first-order valence-corrected chi connectivity index (χ1v) is 5.92. The third kappa shape index (κ3) is 12.0. The van der Waals surface area contributed by atoms with Crippen LogP contribution in [-0.2, 0) is 0 Å². The number of unbranched alkanes of at least 4 members (excludes halogenated alkanes) is 5. The monoisotopic (exact) mass is 187 g/mol. The number of hydrogen-bond acceptors (Lipinski definition) is 1. The Kier molecular flexibility index (Phi) is 10.0. The molecule has 13 heavy (non-hydrogen) atoms. The Bertz CT molecular complexity index is 94.3. The van der Waals surface area contributed by atoms with Gasteiger partial charge in [-0.1, -0.05) is 52.4 Å². The van der Waals surface area contributed by atoms with Gasteiger partial charge in [-0.25, -0.2) is 0 Å². The molecule has 0 aromatic rings. The second-order valence-corrected chi connectivity index (χ2v) is 4.41. The number of rotatable bonds is 9. The molecule has 82 valence electrons. The van der Waals surface area contributed by atoms with E-state index in [0.29, 0.717) is 0 Å². The van der Waals surface area contributed by atoms with Gasteiger partial charge in [0.2, 0.25) is 0 Å². The second-order valence-electron chi connectivity index (χ2n) is 4.41. The van der Waals surface area contributed by atoms with Crippen LogP contribution in [0.15, 0.2) is 0 Å². The van der Waals surface area contributed by atoms with E-state index in [1.807, 2.05) is 7.05 Å². The lowest BCUT2D eigenvalue weighted by Crippen LogP contribution is -2.06. The minimum atomic E-state index is 0. The van der Waals surface area contributed by atoms with Crippen LogP contribution in [0.25, 0.3) is 0 Å². The van der Waals surface area contributed by atoms with Crippen LogP contribution in [0.5, 0.6) is 0 Å². The maximum Gasteiger partial charge on any atom is 0 e. The van der Waals surface area contributed by atoms with Crippen molar-refractivity contribution in [1.29, 1.82) is 0 Å². The zero-order valence-corrected chi connectivity index (χ0v) is 9.73. The van der Waals surface area contributed by atoms with Crippen LogP contribution in [0.4, 0.5) is 0 Å². The van der Waals surface area contributed by atoms with Gasteiger partial charge in [0.25, 0.3) is 0 Å². The van der Waals surface area contributed by atoms with Gasteiger partial charge in [0.15, 0.2) is 0 Å². The Labute approximate surface area is 85.8 Å². The highest BCUT2D eigenvalue weighted by molar-refractivity contribution is 4.49. The quantitative estimate of drug-likeness (QED) is 0.541. The van der Waals surface area contributed by atoms with Gasteiger partial charge >= 0.3 is 0 Å². The fourth-order valence-corrected chi connectivity index (χ4v) is 1.56. The predicted molar refractivity (Wildman–Crippen MR) is 63.2 cm³/mol. The molecule has 0 amide bonds. The zero-order valence-electron chi connectivity index (χ0n) is 9.73. The van der Waals surface area contributed by atoms with E-state index in [2.05, 4.69) is 19.2 Å². The first kappa shape index (κ1) is 13.0. The highest BCUT2D eigenvalue weighted by Gasteiger charge is 1.94. The van der Waals surface area contributed by atoms with Crippen molar-refractivity contribution in [3.05, 3.63) is 0 Å². The lowest BCUT2D eigenvalue weighted by molar-refractivity contribution is 0.510. The summed E-state index contributed by atoms with van der Waals surface area (Å²) in [6.45, 7) is 5.81. The molecule has 0 aromatic heterocycles. The minimum Gasteiger partial charge on any atom is -0.320 e. The highest BCUT2D eigenvalue weighted by atomic mass is 14.8. The van der Waals surface area contributed by atoms with Crippen molar-refractivity contribution < 1.29 is 1.43 Å². The molecular formula is C12H29N. The van der Waals surface area contributed by atoms with Crippen molar-refractivity contribution in [1.82, 2.24) is 5.32 Å². The van der Waals surface area contributed by atoms with E-state index in [0.717, 1.165) is 5.92 Å². The largest absolute Gasteiger partial charge is 0.320 e. The lowest BCUT2D eigenvalue weighted by Gasteiger charge is -2.04. The Morgan fingerprint density at radius 2 is 1.46 bits per heavy atom. The summed E-state index contributed by atoms with van der Waals surface area (Å²) in [7, 11) is 2.03. The number of nitrogens with one attached hydrogen (secondary N) is 1. The molecule has 1 N–H and O–H groups in total. The topological polar surface area (TPSA) is 12.0 Å². The highest BCUT2D eigenvalue weighted by Crippen LogP contribution is 2.10. The minimum absolute atomic E-state index is 0. The Morgan fingerprint density at radius 1 is 0.923 bits per heavy atom. The van der Waals surface area contributed by atoms with Gasteiger partial charge in [-0.3, -0.25) is 0 Å². The first-order chi connectivity index (χ1) is 6.27. The third-order valence-corrected chi connectivity index (χ3v) is 2.46. The van der Waals surface area contributed by atoms with Crippen molar-refractivity contribution in [3.8, 4) is 0 Å². The van der Waals surface area contributed by atoms with Crippen molar-refractivity contribution in [2.45, 2.75) is 58.8 Å². The van der Waals surface area contributed by atoms with Gasteiger partial charge < -0.3 is 5.32 Å². The fraction of sp³-hybridized carbons (Fsp3) is 1.00. The maximum atomic E-state index is 3.18. The summed E-state index contributed by atoms with van der Waals surface area (Å²) in [5.41, 5.74) is 0. The van der Waals surface area contributed by atoms with Gasteiger partial charge in [0.1, 0.15) is 0 Å². The lowest BCUT2D eigenvalue weighted by atomic mass is 10.0. The van der Waals surface area contributed by atoms with Crippen LogP contribution in [0.1, 0.15) is 60.2 Å². The van der Waals surface area contributed by atoms with E-state index in [1.54, 1.807) is 0 Å². The molecule has 0 rings (SSSR count). The Hall–Kier alpha value is -0.0400. The summed E-state index contributed by atoms with van der Waals surface area (Å²) >= 11 is 0. The molecular weight excluding hydrogens is 158 g/mol. The van der Waals surface area contributed by atoms with Crippen LogP contribution in [0.3, 0.4) is 0 Å². The molecule has 0 radical (unpaired) electrons. The van der Waals surface area contributed by atoms with Crippen molar-refractivity contribution in [3.63, 3.8) is 0 Å². The summed E-state index contributed by atoms with van der Waals surface area (Å²) in [5, 5.41) is 3.18. The summed E-state index contributed by atoms with van der Waals surface area (Å²) in [6, 6.07) is 0. The van der Waals surface area contributed by atoms with Crippen molar-refractivity contribution >= 4 is 0 Å². The van der Waals surface area contributed by atoms with Crippen molar-refractivity contribution in [2.24, 2.45) is 5.92 Å². The van der Waals surface area contributed by atoms with E-state index < -0.39 is 0 Å². The van der Waals surface area contributed by atoms with E-state index in [9.17, 15) is 0 Å². The average molecular weight is 187 g/mol. The smallest absolute Gasteiger partial charge is 0 e. The van der Waals surface area contributed by atoms with E-state index >= 15 is 0 Å². The molecule has 0 fully saturated rings. The average Bonchev–Trinajstić information content (AvgIpc) is 2.09. The molecule has 1 heteroatoms. The fourth-order valence-electron chi connectivity index (χ4n) is 1.56. The predicted octanol–water partition coefficient (Wildman–Crippen LogP) is 3.84. The molecule has 0 unspecified atom stereocenters. The molecule has 0 aliphatic carbocycles. The zero-order chi connectivity index (χ0) is 9.94. The number of hydrogen-bond donors (Lipinski definition) is 1. The molecule has 0 heterocycles. The van der Waals surface area contributed by atoms with E-state index in [4.69, 9.17) is 0 Å². The normalized spacial score (nSPS) is 11.1. The summed E-state index contributed by atoms with van der Waals surface area (Å²) in [4.78, 5) is 0. The van der Waals surface area contributed by atoms with Crippen molar-refractivity contribution in [2.75, 3.05) is 13.6 Å². The van der Waals surface area contributed by atoms with Gasteiger partial charge in [0.05, 0.1) is 0 Å². The molecule has 1 nitrogen and oxygen atoms in total. The first-order valence-electron chi connectivity index (χ1n) is 5.92. The Balaban J connectivity index is 0. The van der Waals surface area contributed by atoms with Gasteiger partial charge in [0, 0.05) is 1.43 Å². The van der Waals surface area contributed by atoms with Gasteiger partial charge in [-0.2, -0.15) is 0 Å². The van der Waals surface area contributed by atoms with Crippen LogP contribution in [0.2, 0.25) is 0 Å². The van der Waals surface area contributed by atoms with Gasteiger partial charge in [-0.05, 0) is 25.9 Å². The molecule has 0 atom stereocenters. The second kappa shape index (κ2) is 10.0. The summed E-state index contributed by atoms with van der Waals surface area (Å²) in [5.74, 6) is 0.893. The molecule has 0 aromatic carbocycles. The van der Waals surface area contributed by atoms with Crippen LogP contribution >= 0.6 is 0 Å². The Morgan fingerprint density at radius 3 is 2.00 bits per heavy atom. The molecule has 0 bridgehead atoms.